The third-order valence-electron chi connectivity index (χ3n) is 3.29. The van der Waals surface area contributed by atoms with E-state index >= 15 is 0 Å². The van der Waals surface area contributed by atoms with Gasteiger partial charge in [0.2, 0.25) is 5.88 Å². The molecule has 0 aliphatic rings. The monoisotopic (exact) mass is 264 g/mol. The topological polar surface area (TPSA) is 52.0 Å². The van der Waals surface area contributed by atoms with Gasteiger partial charge in [-0.3, -0.25) is 0 Å². The molecule has 1 aromatic carbocycles. The van der Waals surface area contributed by atoms with Gasteiger partial charge in [0.1, 0.15) is 0 Å². The highest BCUT2D eigenvalue weighted by Gasteiger charge is 2.22. The molecule has 1 aromatic heterocycles. The minimum atomic E-state index is 0.278. The molecular weight excluding hydrogens is 248 g/mol. The Morgan fingerprint density at radius 3 is 2.61 bits per heavy atom. The fraction of sp³-hybridized carbons (Fsp3) is 0.357. The van der Waals surface area contributed by atoms with Crippen molar-refractivity contribution >= 4 is 17.5 Å². The number of hydrogen-bond donors (Lipinski definition) is 1. The molecule has 1 heterocycles. The van der Waals surface area contributed by atoms with Gasteiger partial charge in [0, 0.05) is 10.9 Å². The number of halogens is 1. The van der Waals surface area contributed by atoms with Crippen molar-refractivity contribution in [3.63, 3.8) is 0 Å². The van der Waals surface area contributed by atoms with Crippen LogP contribution in [0.15, 0.2) is 28.8 Å². The van der Waals surface area contributed by atoms with Crippen molar-refractivity contribution in [3.8, 4) is 11.1 Å². The molecule has 0 fully saturated rings. The molecule has 0 spiro atoms. The predicted octanol–water partition coefficient (Wildman–Crippen LogP) is 4.34. The van der Waals surface area contributed by atoms with Crippen LogP contribution in [0.3, 0.4) is 0 Å². The van der Waals surface area contributed by atoms with Gasteiger partial charge in [0.15, 0.2) is 0 Å². The Labute approximate surface area is 112 Å². The van der Waals surface area contributed by atoms with Crippen LogP contribution in [-0.2, 0) is 0 Å². The van der Waals surface area contributed by atoms with E-state index in [-0.39, 0.29) is 5.92 Å². The summed E-state index contributed by atoms with van der Waals surface area (Å²) in [7, 11) is 0. The molecular formula is C14H17ClN2O. The summed E-state index contributed by atoms with van der Waals surface area (Å²) in [6, 6.07) is 7.57. The van der Waals surface area contributed by atoms with Gasteiger partial charge in [-0.1, -0.05) is 49.7 Å². The van der Waals surface area contributed by atoms with Crippen molar-refractivity contribution in [2.45, 2.75) is 26.7 Å². The number of aromatic nitrogens is 1. The molecule has 0 saturated heterocycles. The zero-order valence-electron chi connectivity index (χ0n) is 10.8. The van der Waals surface area contributed by atoms with Gasteiger partial charge in [-0.2, -0.15) is 0 Å². The van der Waals surface area contributed by atoms with Crippen LogP contribution < -0.4 is 5.73 Å². The number of nitrogens with zero attached hydrogens (tertiary/aromatic N) is 1. The van der Waals surface area contributed by atoms with E-state index in [2.05, 4.69) is 25.9 Å². The number of nitrogens with two attached hydrogens (primary N) is 1. The quantitative estimate of drug-likeness (QED) is 0.897. The summed E-state index contributed by atoms with van der Waals surface area (Å²) >= 11 is 6.02. The zero-order chi connectivity index (χ0) is 13.3. The number of hydrogen-bond acceptors (Lipinski definition) is 3. The molecule has 2 rings (SSSR count). The van der Waals surface area contributed by atoms with Crippen LogP contribution in [0, 0.1) is 5.92 Å². The normalized spacial score (nSPS) is 12.9. The SMILES string of the molecule is CC(C)C(C)c1noc(N)c1-c1cccc(Cl)c1. The van der Waals surface area contributed by atoms with Crippen LogP contribution in [0.25, 0.3) is 11.1 Å². The van der Waals surface area contributed by atoms with Gasteiger partial charge in [-0.25, -0.2) is 0 Å². The van der Waals surface area contributed by atoms with Crippen molar-refractivity contribution in [1.82, 2.24) is 5.16 Å². The van der Waals surface area contributed by atoms with Crippen molar-refractivity contribution in [1.29, 1.82) is 0 Å². The molecule has 0 aliphatic heterocycles. The highest BCUT2D eigenvalue weighted by atomic mass is 35.5. The number of rotatable bonds is 3. The van der Waals surface area contributed by atoms with Gasteiger partial charge < -0.3 is 10.3 Å². The van der Waals surface area contributed by atoms with E-state index in [4.69, 9.17) is 21.9 Å². The van der Waals surface area contributed by atoms with Gasteiger partial charge in [0.05, 0.1) is 11.3 Å². The summed E-state index contributed by atoms with van der Waals surface area (Å²) in [5, 5.41) is 4.78. The van der Waals surface area contributed by atoms with E-state index in [0.717, 1.165) is 16.8 Å². The Kier molecular flexibility index (Phi) is 3.62. The maximum atomic E-state index is 6.02. The van der Waals surface area contributed by atoms with E-state index in [0.29, 0.717) is 16.8 Å². The summed E-state index contributed by atoms with van der Waals surface area (Å²) in [5.74, 6) is 1.09. The first-order chi connectivity index (χ1) is 8.50. The van der Waals surface area contributed by atoms with Crippen molar-refractivity contribution in [2.24, 2.45) is 5.92 Å². The Morgan fingerprint density at radius 2 is 2.00 bits per heavy atom. The Morgan fingerprint density at radius 1 is 1.28 bits per heavy atom. The first kappa shape index (κ1) is 13.0. The van der Waals surface area contributed by atoms with Gasteiger partial charge in [-0.15, -0.1) is 0 Å². The van der Waals surface area contributed by atoms with E-state index in [1.54, 1.807) is 0 Å². The van der Waals surface area contributed by atoms with E-state index in [1.165, 1.54) is 0 Å². The van der Waals surface area contributed by atoms with Crippen LogP contribution in [-0.4, -0.2) is 5.16 Å². The third kappa shape index (κ3) is 2.36. The first-order valence-corrected chi connectivity index (χ1v) is 6.39. The standard InChI is InChI=1S/C14H17ClN2O/c1-8(2)9(3)13-12(14(16)18-17-13)10-5-4-6-11(15)7-10/h4-9H,16H2,1-3H3. The highest BCUT2D eigenvalue weighted by Crippen LogP contribution is 2.37. The molecule has 4 heteroatoms. The smallest absolute Gasteiger partial charge is 0.230 e. The minimum absolute atomic E-state index is 0.278. The molecule has 96 valence electrons. The van der Waals surface area contributed by atoms with Gasteiger partial charge in [-0.05, 0) is 23.6 Å². The van der Waals surface area contributed by atoms with Crippen LogP contribution in [0.4, 0.5) is 5.88 Å². The van der Waals surface area contributed by atoms with E-state index in [9.17, 15) is 0 Å². The molecule has 1 atom stereocenters. The van der Waals surface area contributed by atoms with Gasteiger partial charge in [0.25, 0.3) is 0 Å². The lowest BCUT2D eigenvalue weighted by Crippen LogP contribution is -2.04. The third-order valence-corrected chi connectivity index (χ3v) is 3.52. The second-order valence-electron chi connectivity index (χ2n) is 4.85. The molecule has 0 amide bonds. The van der Waals surface area contributed by atoms with E-state index in [1.807, 2.05) is 24.3 Å². The summed E-state index contributed by atoms with van der Waals surface area (Å²) in [5.41, 5.74) is 8.59. The molecule has 2 aromatic rings. The molecule has 3 nitrogen and oxygen atoms in total. The van der Waals surface area contributed by atoms with Crippen LogP contribution in [0.2, 0.25) is 5.02 Å². The fourth-order valence-electron chi connectivity index (χ4n) is 1.88. The number of benzene rings is 1. The number of nitrogen functional groups attached to an aromatic ring is 1. The molecule has 0 saturated carbocycles. The van der Waals surface area contributed by atoms with Crippen LogP contribution in [0.1, 0.15) is 32.4 Å². The maximum absolute atomic E-state index is 6.02. The molecule has 0 aliphatic carbocycles. The lowest BCUT2D eigenvalue weighted by atomic mass is 9.90. The summed E-state index contributed by atoms with van der Waals surface area (Å²) < 4.78 is 5.15. The molecule has 0 radical (unpaired) electrons. The maximum Gasteiger partial charge on any atom is 0.230 e. The molecule has 18 heavy (non-hydrogen) atoms. The second kappa shape index (κ2) is 5.02. The van der Waals surface area contributed by atoms with E-state index < -0.39 is 0 Å². The van der Waals surface area contributed by atoms with Crippen molar-refractivity contribution in [2.75, 3.05) is 5.73 Å². The van der Waals surface area contributed by atoms with Gasteiger partial charge >= 0.3 is 0 Å². The summed E-state index contributed by atoms with van der Waals surface area (Å²) in [4.78, 5) is 0. The highest BCUT2D eigenvalue weighted by molar-refractivity contribution is 6.30. The molecule has 2 N–H and O–H groups in total. The minimum Gasteiger partial charge on any atom is -0.367 e. The molecule has 1 unspecified atom stereocenters. The Bertz CT molecular complexity index is 548. The Hall–Kier alpha value is -1.48. The summed E-state index contributed by atoms with van der Waals surface area (Å²) in [6.45, 7) is 6.42. The zero-order valence-corrected chi connectivity index (χ0v) is 11.5. The lowest BCUT2D eigenvalue weighted by Gasteiger charge is -2.14. The van der Waals surface area contributed by atoms with Crippen molar-refractivity contribution in [3.05, 3.63) is 35.0 Å². The van der Waals surface area contributed by atoms with Crippen LogP contribution >= 0.6 is 11.6 Å². The average molecular weight is 265 g/mol. The predicted molar refractivity (Wildman–Crippen MR) is 74.6 cm³/mol. The molecule has 0 bridgehead atoms. The summed E-state index contributed by atoms with van der Waals surface area (Å²) in [6.07, 6.45) is 0. The Balaban J connectivity index is 2.53. The number of anilines is 1. The second-order valence-corrected chi connectivity index (χ2v) is 5.29. The fourth-order valence-corrected chi connectivity index (χ4v) is 2.07. The first-order valence-electron chi connectivity index (χ1n) is 6.01. The lowest BCUT2D eigenvalue weighted by molar-refractivity contribution is 0.407. The average Bonchev–Trinajstić information content (AvgIpc) is 2.70. The van der Waals surface area contributed by atoms with Crippen LogP contribution in [0.5, 0.6) is 0 Å². The van der Waals surface area contributed by atoms with Crippen molar-refractivity contribution < 1.29 is 4.52 Å². The largest absolute Gasteiger partial charge is 0.367 e.